The zero-order valence-electron chi connectivity index (χ0n) is 14.5. The van der Waals surface area contributed by atoms with Crippen LogP contribution in [0.3, 0.4) is 0 Å². The molecule has 0 fully saturated rings. The van der Waals surface area contributed by atoms with Gasteiger partial charge in [-0.25, -0.2) is 0 Å². The maximum absolute atomic E-state index is 4.71. The molecule has 0 saturated heterocycles. The van der Waals surface area contributed by atoms with E-state index in [2.05, 4.69) is 29.2 Å². The molecule has 0 bridgehead atoms. The summed E-state index contributed by atoms with van der Waals surface area (Å²) in [7, 11) is 0. The minimum atomic E-state index is 0. The van der Waals surface area contributed by atoms with Crippen LogP contribution in [0.4, 0.5) is 5.69 Å². The Balaban J connectivity index is 0.00000210. The molecule has 4 aromatic rings. The van der Waals surface area contributed by atoms with Crippen LogP contribution in [-0.4, -0.2) is 11.2 Å². The van der Waals surface area contributed by atoms with E-state index in [0.29, 0.717) is 0 Å². The van der Waals surface area contributed by atoms with Gasteiger partial charge in [0.2, 0.25) is 0 Å². The van der Waals surface area contributed by atoms with Gasteiger partial charge in [0.1, 0.15) is 0 Å². The van der Waals surface area contributed by atoms with E-state index < -0.39 is 0 Å². The molecule has 0 N–H and O–H groups in total. The maximum atomic E-state index is 4.71. The molecule has 0 unspecified atom stereocenters. The third-order valence-electron chi connectivity index (χ3n) is 4.09. The first-order chi connectivity index (χ1) is 12.9. The van der Waals surface area contributed by atoms with E-state index in [-0.39, 0.29) is 21.1 Å². The maximum Gasteiger partial charge on any atom is 0.0616 e. The SMILES string of the molecule is [Pt].[c-]1c(C=Nc2ccccc2-c2ccccc2)cccc1-c1ccccn1. The molecule has 0 spiro atoms. The van der Waals surface area contributed by atoms with Crippen molar-refractivity contribution in [3.05, 3.63) is 109 Å². The van der Waals surface area contributed by atoms with Crippen molar-refractivity contribution < 1.29 is 21.1 Å². The Morgan fingerprint density at radius 3 is 2.33 bits per heavy atom. The van der Waals surface area contributed by atoms with E-state index in [1.54, 1.807) is 6.20 Å². The first-order valence-corrected chi connectivity index (χ1v) is 8.52. The fraction of sp³-hybridized carbons (Fsp3) is 0. The van der Waals surface area contributed by atoms with E-state index >= 15 is 0 Å². The van der Waals surface area contributed by atoms with E-state index in [4.69, 9.17) is 4.99 Å². The predicted octanol–water partition coefficient (Wildman–Crippen LogP) is 5.96. The number of pyridine rings is 1. The summed E-state index contributed by atoms with van der Waals surface area (Å²) in [4.78, 5) is 9.10. The first kappa shape index (κ1) is 18.9. The molecule has 134 valence electrons. The average Bonchev–Trinajstić information content (AvgIpc) is 2.74. The number of hydrogen-bond acceptors (Lipinski definition) is 2. The largest absolute Gasteiger partial charge is 0.295 e. The predicted molar refractivity (Wildman–Crippen MR) is 108 cm³/mol. The van der Waals surface area contributed by atoms with Gasteiger partial charge in [0, 0.05) is 38.5 Å². The van der Waals surface area contributed by atoms with E-state index in [1.165, 1.54) is 0 Å². The zero-order chi connectivity index (χ0) is 17.6. The van der Waals surface area contributed by atoms with E-state index in [0.717, 1.165) is 33.6 Å². The van der Waals surface area contributed by atoms with Crippen LogP contribution in [0.15, 0.2) is 102 Å². The Kier molecular flexibility index (Phi) is 6.46. The summed E-state index contributed by atoms with van der Waals surface area (Å²) < 4.78 is 0. The molecular weight excluding hydrogens is 511 g/mol. The smallest absolute Gasteiger partial charge is 0.0616 e. The van der Waals surface area contributed by atoms with Crippen molar-refractivity contribution >= 4 is 11.9 Å². The molecule has 0 atom stereocenters. The molecular formula is C24H17N2Pt-. The van der Waals surface area contributed by atoms with Gasteiger partial charge in [-0.3, -0.25) is 9.98 Å². The summed E-state index contributed by atoms with van der Waals surface area (Å²) >= 11 is 0. The monoisotopic (exact) mass is 528 g/mol. The molecule has 2 nitrogen and oxygen atoms in total. The van der Waals surface area contributed by atoms with Crippen molar-refractivity contribution in [1.82, 2.24) is 4.98 Å². The summed E-state index contributed by atoms with van der Waals surface area (Å²) in [5.74, 6) is 0. The number of para-hydroxylation sites is 1. The summed E-state index contributed by atoms with van der Waals surface area (Å²) in [5.41, 5.74) is 6.02. The van der Waals surface area contributed by atoms with Crippen molar-refractivity contribution in [2.24, 2.45) is 4.99 Å². The van der Waals surface area contributed by atoms with Crippen LogP contribution in [0, 0.1) is 6.07 Å². The fourth-order valence-electron chi connectivity index (χ4n) is 2.82. The normalized spacial score (nSPS) is 10.5. The molecule has 0 saturated carbocycles. The molecule has 1 heterocycles. The Bertz CT molecular complexity index is 1030. The van der Waals surface area contributed by atoms with Crippen LogP contribution in [0.5, 0.6) is 0 Å². The number of hydrogen-bond donors (Lipinski definition) is 0. The molecule has 27 heavy (non-hydrogen) atoms. The Labute approximate surface area is 173 Å². The minimum Gasteiger partial charge on any atom is -0.295 e. The molecule has 0 aliphatic heterocycles. The standard InChI is InChI=1S/C24H17N2.Pt/c1-2-10-20(11-3-1)22-13-4-5-15-24(22)26-18-19-9-8-12-21(17-19)23-14-6-7-16-25-23;/h1-16,18H;/q-1;. The molecule has 4 rings (SSSR count). The van der Waals surface area contributed by atoms with Gasteiger partial charge in [-0.05, 0) is 23.9 Å². The van der Waals surface area contributed by atoms with Crippen LogP contribution < -0.4 is 0 Å². The molecule has 1 aromatic heterocycles. The quantitative estimate of drug-likeness (QED) is 0.237. The number of aliphatic imine (C=N–C) groups is 1. The van der Waals surface area contributed by atoms with E-state index in [9.17, 15) is 0 Å². The summed E-state index contributed by atoms with van der Waals surface area (Å²) in [6.07, 6.45) is 3.65. The fourth-order valence-corrected chi connectivity index (χ4v) is 2.82. The molecule has 0 aliphatic carbocycles. The van der Waals surface area contributed by atoms with Gasteiger partial charge in [0.05, 0.1) is 5.69 Å². The van der Waals surface area contributed by atoms with E-state index in [1.807, 2.05) is 79.0 Å². The molecule has 0 radical (unpaired) electrons. The van der Waals surface area contributed by atoms with Crippen LogP contribution in [0.2, 0.25) is 0 Å². The van der Waals surface area contributed by atoms with Crippen molar-refractivity contribution in [3.8, 4) is 22.4 Å². The molecule has 0 aliphatic rings. The first-order valence-electron chi connectivity index (χ1n) is 8.52. The van der Waals surface area contributed by atoms with Crippen molar-refractivity contribution in [2.45, 2.75) is 0 Å². The van der Waals surface area contributed by atoms with Crippen molar-refractivity contribution in [3.63, 3.8) is 0 Å². The van der Waals surface area contributed by atoms with Gasteiger partial charge in [-0.2, -0.15) is 0 Å². The summed E-state index contributed by atoms with van der Waals surface area (Å²) in [6.45, 7) is 0. The summed E-state index contributed by atoms with van der Waals surface area (Å²) in [5, 5.41) is 0. The molecule has 3 heteroatoms. The number of benzene rings is 3. The second-order valence-corrected chi connectivity index (χ2v) is 5.88. The zero-order valence-corrected chi connectivity index (χ0v) is 16.8. The Morgan fingerprint density at radius 2 is 1.52 bits per heavy atom. The Morgan fingerprint density at radius 1 is 0.741 bits per heavy atom. The number of rotatable bonds is 4. The van der Waals surface area contributed by atoms with Crippen LogP contribution in [-0.2, 0) is 21.1 Å². The second-order valence-electron chi connectivity index (χ2n) is 5.88. The van der Waals surface area contributed by atoms with Gasteiger partial charge >= 0.3 is 0 Å². The Hall–Kier alpha value is -2.83. The van der Waals surface area contributed by atoms with Crippen LogP contribution >= 0.6 is 0 Å². The molecule has 3 aromatic carbocycles. The second kappa shape index (κ2) is 9.21. The third kappa shape index (κ3) is 4.67. The van der Waals surface area contributed by atoms with Gasteiger partial charge < -0.3 is 0 Å². The topological polar surface area (TPSA) is 25.2 Å². The van der Waals surface area contributed by atoms with Crippen LogP contribution in [0.1, 0.15) is 5.56 Å². The van der Waals surface area contributed by atoms with Gasteiger partial charge in [-0.15, -0.1) is 29.8 Å². The third-order valence-corrected chi connectivity index (χ3v) is 4.09. The van der Waals surface area contributed by atoms with Gasteiger partial charge in [0.25, 0.3) is 0 Å². The number of nitrogens with zero attached hydrogens (tertiary/aromatic N) is 2. The minimum absolute atomic E-state index is 0. The van der Waals surface area contributed by atoms with Crippen LogP contribution in [0.25, 0.3) is 22.4 Å². The van der Waals surface area contributed by atoms with Gasteiger partial charge in [-0.1, -0.05) is 66.2 Å². The van der Waals surface area contributed by atoms with Crippen molar-refractivity contribution in [1.29, 1.82) is 0 Å². The number of aromatic nitrogens is 1. The summed E-state index contributed by atoms with van der Waals surface area (Å²) in [6, 6.07) is 33.7. The van der Waals surface area contributed by atoms with Crippen molar-refractivity contribution in [2.75, 3.05) is 0 Å². The average molecular weight is 528 g/mol. The molecule has 0 amide bonds. The van der Waals surface area contributed by atoms with Gasteiger partial charge in [0.15, 0.2) is 0 Å².